The lowest BCUT2D eigenvalue weighted by Crippen LogP contribution is -2.23. The van der Waals surface area contributed by atoms with Crippen molar-refractivity contribution in [3.8, 4) is 5.75 Å². The molecule has 0 spiro atoms. The van der Waals surface area contributed by atoms with E-state index < -0.39 is 0 Å². The lowest BCUT2D eigenvalue weighted by atomic mass is 10.2. The maximum atomic E-state index is 5.41. The van der Waals surface area contributed by atoms with E-state index in [2.05, 4.69) is 33.2 Å². The summed E-state index contributed by atoms with van der Waals surface area (Å²) in [5.41, 5.74) is 1.13. The fourth-order valence-corrected chi connectivity index (χ4v) is 2.24. The Balaban J connectivity index is 2.04. The number of rotatable bonds is 3. The quantitative estimate of drug-likeness (QED) is 0.869. The average Bonchev–Trinajstić information content (AvgIpc) is 2.99. The molecule has 0 unspecified atom stereocenters. The second-order valence-corrected chi connectivity index (χ2v) is 4.10. The Kier molecular flexibility index (Phi) is 2.48. The second-order valence-electron chi connectivity index (χ2n) is 4.10. The first-order valence-corrected chi connectivity index (χ1v) is 5.77. The predicted octanol–water partition coefficient (Wildman–Crippen LogP) is 1.65. The van der Waals surface area contributed by atoms with Crippen molar-refractivity contribution in [1.82, 2.24) is 9.88 Å². The van der Waals surface area contributed by atoms with Gasteiger partial charge in [-0.2, -0.15) is 0 Å². The molecular formula is C13H15N3O. The number of hydrogen-bond acceptors (Lipinski definition) is 3. The fourth-order valence-electron chi connectivity index (χ4n) is 2.24. The van der Waals surface area contributed by atoms with E-state index in [1.807, 2.05) is 12.1 Å². The Morgan fingerprint density at radius 3 is 3.12 bits per heavy atom. The Morgan fingerprint density at radius 1 is 1.41 bits per heavy atom. The number of ether oxygens (including phenoxy) is 1. The summed E-state index contributed by atoms with van der Waals surface area (Å²) >= 11 is 0. The van der Waals surface area contributed by atoms with Gasteiger partial charge in [0.15, 0.2) is 0 Å². The molecule has 0 saturated heterocycles. The average molecular weight is 229 g/mol. The van der Waals surface area contributed by atoms with Gasteiger partial charge in [-0.15, -0.1) is 0 Å². The highest BCUT2D eigenvalue weighted by atomic mass is 16.5. The van der Waals surface area contributed by atoms with Crippen LogP contribution in [-0.2, 0) is 6.54 Å². The van der Waals surface area contributed by atoms with Crippen LogP contribution in [0.4, 0.5) is 0 Å². The number of nitrogens with one attached hydrogen (secondary N) is 1. The number of hydrogen-bond donors (Lipinski definition) is 1. The number of benzene rings is 1. The van der Waals surface area contributed by atoms with E-state index in [1.54, 1.807) is 7.11 Å². The first-order chi connectivity index (χ1) is 8.38. The summed E-state index contributed by atoms with van der Waals surface area (Å²) < 4.78 is 7.58. The van der Waals surface area contributed by atoms with Crippen molar-refractivity contribution < 1.29 is 4.74 Å². The van der Waals surface area contributed by atoms with Crippen LogP contribution < -0.4 is 10.1 Å². The smallest absolute Gasteiger partial charge is 0.143 e. The number of nitrogens with zero attached hydrogens (tertiary/aromatic N) is 2. The molecule has 3 rings (SSSR count). The molecule has 0 bridgehead atoms. The van der Waals surface area contributed by atoms with Gasteiger partial charge in [-0.25, -0.2) is 0 Å². The zero-order valence-corrected chi connectivity index (χ0v) is 9.81. The highest BCUT2D eigenvalue weighted by molar-refractivity contribution is 5.89. The first-order valence-electron chi connectivity index (χ1n) is 5.77. The van der Waals surface area contributed by atoms with E-state index in [0.29, 0.717) is 0 Å². The van der Waals surface area contributed by atoms with Gasteiger partial charge in [0.25, 0.3) is 0 Å². The normalized spacial score (nSPS) is 14.8. The minimum atomic E-state index is 0.782. The summed E-state index contributed by atoms with van der Waals surface area (Å²) in [5.74, 6) is 1.96. The Morgan fingerprint density at radius 2 is 2.35 bits per heavy atom. The maximum absolute atomic E-state index is 5.41. The molecule has 0 aliphatic carbocycles. The van der Waals surface area contributed by atoms with Crippen molar-refractivity contribution in [2.24, 2.45) is 4.99 Å². The molecule has 0 amide bonds. The fraction of sp³-hybridized carbons (Fsp3) is 0.308. The molecule has 0 atom stereocenters. The minimum Gasteiger partial charge on any atom is -0.495 e. The van der Waals surface area contributed by atoms with E-state index in [4.69, 9.17) is 4.74 Å². The van der Waals surface area contributed by atoms with Crippen LogP contribution in [0.5, 0.6) is 5.75 Å². The van der Waals surface area contributed by atoms with Crippen LogP contribution >= 0.6 is 0 Å². The summed E-state index contributed by atoms with van der Waals surface area (Å²) in [5, 5.41) is 4.48. The summed E-state index contributed by atoms with van der Waals surface area (Å²) in [6.45, 7) is 2.61. The Hall–Kier alpha value is -1.97. The van der Waals surface area contributed by atoms with Crippen LogP contribution in [-0.4, -0.2) is 30.6 Å². The Bertz CT molecular complexity index is 571. The first kappa shape index (κ1) is 10.2. The SMILES string of the molecule is COc1cccc2ccn(CC3=NCCN3)c12. The van der Waals surface area contributed by atoms with Crippen molar-refractivity contribution >= 4 is 16.7 Å². The molecule has 2 aromatic rings. The largest absolute Gasteiger partial charge is 0.495 e. The molecule has 1 aliphatic rings. The lowest BCUT2D eigenvalue weighted by molar-refractivity contribution is 0.417. The highest BCUT2D eigenvalue weighted by Crippen LogP contribution is 2.26. The van der Waals surface area contributed by atoms with Crippen molar-refractivity contribution in [2.45, 2.75) is 6.54 Å². The summed E-state index contributed by atoms with van der Waals surface area (Å²) in [6, 6.07) is 8.20. The van der Waals surface area contributed by atoms with Crippen LogP contribution in [0.1, 0.15) is 0 Å². The lowest BCUT2D eigenvalue weighted by Gasteiger charge is -2.09. The summed E-state index contributed by atoms with van der Waals surface area (Å²) in [4.78, 5) is 4.42. The van der Waals surface area contributed by atoms with Gasteiger partial charge in [0.1, 0.15) is 11.6 Å². The molecule has 4 heteroatoms. The molecule has 0 radical (unpaired) electrons. The maximum Gasteiger partial charge on any atom is 0.143 e. The topological polar surface area (TPSA) is 38.5 Å². The molecule has 1 aliphatic heterocycles. The summed E-state index contributed by atoms with van der Waals surface area (Å²) in [7, 11) is 1.71. The van der Waals surface area contributed by atoms with Gasteiger partial charge >= 0.3 is 0 Å². The van der Waals surface area contributed by atoms with E-state index in [1.165, 1.54) is 5.39 Å². The standard InChI is InChI=1S/C13H15N3O/c1-17-11-4-2-3-10-5-8-16(13(10)11)9-12-14-6-7-15-12/h2-5,8H,6-7,9H2,1H3,(H,14,15). The van der Waals surface area contributed by atoms with E-state index in [0.717, 1.165) is 36.7 Å². The van der Waals surface area contributed by atoms with Gasteiger partial charge in [-0.3, -0.25) is 4.99 Å². The van der Waals surface area contributed by atoms with Gasteiger partial charge in [0.05, 0.1) is 25.7 Å². The van der Waals surface area contributed by atoms with Crippen molar-refractivity contribution in [3.63, 3.8) is 0 Å². The molecule has 17 heavy (non-hydrogen) atoms. The van der Waals surface area contributed by atoms with Crippen molar-refractivity contribution in [3.05, 3.63) is 30.5 Å². The van der Waals surface area contributed by atoms with Gasteiger partial charge in [0.2, 0.25) is 0 Å². The van der Waals surface area contributed by atoms with E-state index in [-0.39, 0.29) is 0 Å². The summed E-state index contributed by atoms with van der Waals surface area (Å²) in [6.07, 6.45) is 2.08. The zero-order valence-electron chi connectivity index (χ0n) is 9.81. The molecule has 1 aromatic carbocycles. The third-order valence-corrected chi connectivity index (χ3v) is 3.04. The predicted molar refractivity (Wildman–Crippen MR) is 68.8 cm³/mol. The Labute approximate surface area is 99.9 Å². The minimum absolute atomic E-state index is 0.782. The zero-order chi connectivity index (χ0) is 11.7. The third-order valence-electron chi connectivity index (χ3n) is 3.04. The van der Waals surface area contributed by atoms with E-state index >= 15 is 0 Å². The number of amidine groups is 1. The van der Waals surface area contributed by atoms with Gasteiger partial charge in [-0.1, -0.05) is 12.1 Å². The molecule has 1 aromatic heterocycles. The number of fused-ring (bicyclic) bond motifs is 1. The third kappa shape index (κ3) is 1.75. The van der Waals surface area contributed by atoms with Crippen LogP contribution in [0.25, 0.3) is 10.9 Å². The molecule has 0 saturated carbocycles. The van der Waals surface area contributed by atoms with Crippen LogP contribution in [0.3, 0.4) is 0 Å². The highest BCUT2D eigenvalue weighted by Gasteiger charge is 2.10. The monoisotopic (exact) mass is 229 g/mol. The molecule has 1 N–H and O–H groups in total. The number of aromatic nitrogens is 1. The van der Waals surface area contributed by atoms with Gasteiger partial charge in [-0.05, 0) is 12.1 Å². The van der Waals surface area contributed by atoms with Crippen LogP contribution in [0.2, 0.25) is 0 Å². The molecule has 0 fully saturated rings. The second kappa shape index (κ2) is 4.13. The number of para-hydroxylation sites is 1. The van der Waals surface area contributed by atoms with Gasteiger partial charge in [0, 0.05) is 18.1 Å². The van der Waals surface area contributed by atoms with E-state index in [9.17, 15) is 0 Å². The molecule has 4 nitrogen and oxygen atoms in total. The molecule has 88 valence electrons. The van der Waals surface area contributed by atoms with Crippen LogP contribution in [0.15, 0.2) is 35.5 Å². The van der Waals surface area contributed by atoms with Crippen molar-refractivity contribution in [2.75, 3.05) is 20.2 Å². The molecule has 2 heterocycles. The number of methoxy groups -OCH3 is 1. The van der Waals surface area contributed by atoms with Crippen LogP contribution in [0, 0.1) is 0 Å². The molecular weight excluding hydrogens is 214 g/mol. The van der Waals surface area contributed by atoms with Gasteiger partial charge < -0.3 is 14.6 Å². The number of aliphatic imine (C=N–C) groups is 1. The van der Waals surface area contributed by atoms with Crippen molar-refractivity contribution in [1.29, 1.82) is 0 Å².